The van der Waals surface area contributed by atoms with Gasteiger partial charge < -0.3 is 10.8 Å². The van der Waals surface area contributed by atoms with Gasteiger partial charge >= 0.3 is 5.97 Å². The van der Waals surface area contributed by atoms with Crippen LogP contribution in [0.3, 0.4) is 0 Å². The van der Waals surface area contributed by atoms with Crippen LogP contribution in [0.5, 0.6) is 0 Å². The molecule has 22 heavy (non-hydrogen) atoms. The maximum absolute atomic E-state index is 14.2. The van der Waals surface area contributed by atoms with Gasteiger partial charge in [-0.25, -0.2) is 14.2 Å². The minimum atomic E-state index is -1.09. The predicted molar refractivity (Wildman–Crippen MR) is 83.2 cm³/mol. The van der Waals surface area contributed by atoms with Crippen molar-refractivity contribution in [3.8, 4) is 11.1 Å². The van der Waals surface area contributed by atoms with E-state index in [0.717, 1.165) is 5.56 Å². The fourth-order valence-electron chi connectivity index (χ4n) is 2.59. The first-order chi connectivity index (χ1) is 10.5. The summed E-state index contributed by atoms with van der Waals surface area (Å²) in [5.74, 6) is -1.24. The number of aryl methyl sites for hydroxylation is 1. The standard InChI is InChI=1S/C17H13FN2O2/c1-9-3-2-4-14(18)16(9)10-5-11-8-20-15(19)7-12(11)13(6-10)17(21)22/h2-8H,1H3,(H2,19,20)(H,21,22). The lowest BCUT2D eigenvalue weighted by atomic mass is 9.95. The average Bonchev–Trinajstić information content (AvgIpc) is 2.46. The molecule has 1 heterocycles. The lowest BCUT2D eigenvalue weighted by molar-refractivity contribution is 0.0699. The minimum absolute atomic E-state index is 0.0734. The van der Waals surface area contributed by atoms with Crippen LogP contribution in [0.1, 0.15) is 15.9 Å². The van der Waals surface area contributed by atoms with Crippen LogP contribution >= 0.6 is 0 Å². The number of anilines is 1. The zero-order valence-corrected chi connectivity index (χ0v) is 11.8. The number of carboxylic acids is 1. The molecule has 0 bridgehead atoms. The third kappa shape index (κ3) is 2.26. The number of carboxylic acid groups (broad SMARTS) is 1. The average molecular weight is 296 g/mol. The van der Waals surface area contributed by atoms with Gasteiger partial charge in [0.15, 0.2) is 0 Å². The van der Waals surface area contributed by atoms with Crippen LogP contribution in [-0.4, -0.2) is 16.1 Å². The number of halogens is 1. The molecular formula is C17H13FN2O2. The molecule has 0 saturated carbocycles. The molecule has 0 spiro atoms. The van der Waals surface area contributed by atoms with Crippen LogP contribution in [0.15, 0.2) is 42.6 Å². The van der Waals surface area contributed by atoms with E-state index in [0.29, 0.717) is 21.9 Å². The maximum atomic E-state index is 14.2. The van der Waals surface area contributed by atoms with E-state index in [1.807, 2.05) is 0 Å². The lowest BCUT2D eigenvalue weighted by Gasteiger charge is -2.11. The fourth-order valence-corrected chi connectivity index (χ4v) is 2.59. The number of rotatable bonds is 2. The number of benzene rings is 2. The molecule has 0 fully saturated rings. The van der Waals surface area contributed by atoms with Crippen molar-refractivity contribution in [2.45, 2.75) is 6.92 Å². The van der Waals surface area contributed by atoms with E-state index in [4.69, 9.17) is 5.73 Å². The van der Waals surface area contributed by atoms with Crippen molar-refractivity contribution in [3.05, 3.63) is 59.5 Å². The summed E-state index contributed by atoms with van der Waals surface area (Å²) in [6.07, 6.45) is 1.50. The van der Waals surface area contributed by atoms with E-state index in [9.17, 15) is 14.3 Å². The number of carbonyl (C=O) groups is 1. The second-order valence-corrected chi connectivity index (χ2v) is 5.09. The quantitative estimate of drug-likeness (QED) is 0.757. The third-order valence-corrected chi connectivity index (χ3v) is 3.60. The summed E-state index contributed by atoms with van der Waals surface area (Å²) in [6.45, 7) is 1.78. The van der Waals surface area contributed by atoms with Gasteiger partial charge in [0.2, 0.25) is 0 Å². The van der Waals surface area contributed by atoms with Crippen molar-refractivity contribution < 1.29 is 14.3 Å². The van der Waals surface area contributed by atoms with E-state index in [1.165, 1.54) is 24.4 Å². The van der Waals surface area contributed by atoms with Gasteiger partial charge in [-0.1, -0.05) is 12.1 Å². The van der Waals surface area contributed by atoms with Gasteiger partial charge in [0, 0.05) is 22.5 Å². The number of aromatic carboxylic acids is 1. The molecule has 5 heteroatoms. The summed E-state index contributed by atoms with van der Waals surface area (Å²) < 4.78 is 14.2. The monoisotopic (exact) mass is 296 g/mol. The molecular weight excluding hydrogens is 283 g/mol. The highest BCUT2D eigenvalue weighted by atomic mass is 19.1. The molecule has 0 radical (unpaired) electrons. The number of fused-ring (bicyclic) bond motifs is 1. The molecule has 0 saturated heterocycles. The Kier molecular flexibility index (Phi) is 3.25. The van der Waals surface area contributed by atoms with Crippen molar-refractivity contribution >= 4 is 22.6 Å². The second-order valence-electron chi connectivity index (χ2n) is 5.09. The number of nitrogen functional groups attached to an aromatic ring is 1. The number of pyridine rings is 1. The Balaban J connectivity index is 2.37. The first-order valence-corrected chi connectivity index (χ1v) is 6.65. The van der Waals surface area contributed by atoms with Crippen LogP contribution in [0, 0.1) is 12.7 Å². The Bertz CT molecular complexity index is 886. The normalized spacial score (nSPS) is 10.8. The highest BCUT2D eigenvalue weighted by molar-refractivity contribution is 6.06. The summed E-state index contributed by atoms with van der Waals surface area (Å²) in [5, 5.41) is 10.5. The predicted octanol–water partition coefficient (Wildman–Crippen LogP) is 3.63. The number of nitrogens with two attached hydrogens (primary N) is 1. The molecule has 3 aromatic rings. The summed E-state index contributed by atoms with van der Waals surface area (Å²) in [7, 11) is 0. The molecule has 0 atom stereocenters. The highest BCUT2D eigenvalue weighted by Crippen LogP contribution is 2.32. The van der Waals surface area contributed by atoms with Crippen LogP contribution in [-0.2, 0) is 0 Å². The number of hydrogen-bond donors (Lipinski definition) is 2. The van der Waals surface area contributed by atoms with Gasteiger partial charge in [-0.15, -0.1) is 0 Å². The van der Waals surface area contributed by atoms with Gasteiger partial charge in [0.25, 0.3) is 0 Å². The molecule has 2 aromatic carbocycles. The van der Waals surface area contributed by atoms with Crippen LogP contribution in [0.4, 0.5) is 10.2 Å². The van der Waals surface area contributed by atoms with Gasteiger partial charge in [0.1, 0.15) is 11.6 Å². The Morgan fingerprint density at radius 3 is 2.73 bits per heavy atom. The smallest absolute Gasteiger partial charge is 0.336 e. The Hall–Kier alpha value is -2.95. The van der Waals surface area contributed by atoms with E-state index >= 15 is 0 Å². The number of hydrogen-bond acceptors (Lipinski definition) is 3. The SMILES string of the molecule is Cc1cccc(F)c1-c1cc(C(=O)O)c2cc(N)ncc2c1. The molecule has 110 valence electrons. The molecule has 0 amide bonds. The molecule has 0 aliphatic heterocycles. The zero-order chi connectivity index (χ0) is 15.9. The first kappa shape index (κ1) is 14.0. The van der Waals surface area contributed by atoms with E-state index in [1.54, 1.807) is 25.1 Å². The van der Waals surface area contributed by atoms with E-state index in [-0.39, 0.29) is 17.2 Å². The minimum Gasteiger partial charge on any atom is -0.478 e. The van der Waals surface area contributed by atoms with Crippen molar-refractivity contribution in [1.82, 2.24) is 4.98 Å². The molecule has 4 nitrogen and oxygen atoms in total. The Labute approximate surface area is 126 Å². The molecule has 3 rings (SSSR count). The Morgan fingerprint density at radius 1 is 1.27 bits per heavy atom. The van der Waals surface area contributed by atoms with E-state index in [2.05, 4.69) is 4.98 Å². The molecule has 1 aromatic heterocycles. The van der Waals surface area contributed by atoms with Gasteiger partial charge in [0.05, 0.1) is 5.56 Å². The molecule has 0 aliphatic rings. The third-order valence-electron chi connectivity index (χ3n) is 3.60. The topological polar surface area (TPSA) is 76.2 Å². The largest absolute Gasteiger partial charge is 0.478 e. The summed E-state index contributed by atoms with van der Waals surface area (Å²) in [6, 6.07) is 9.46. The number of aromatic nitrogens is 1. The molecule has 3 N–H and O–H groups in total. The van der Waals surface area contributed by atoms with Crippen molar-refractivity contribution in [3.63, 3.8) is 0 Å². The summed E-state index contributed by atoms with van der Waals surface area (Å²) in [4.78, 5) is 15.5. The van der Waals surface area contributed by atoms with Crippen molar-refractivity contribution in [1.29, 1.82) is 0 Å². The lowest BCUT2D eigenvalue weighted by Crippen LogP contribution is -2.01. The van der Waals surface area contributed by atoms with Gasteiger partial charge in [-0.3, -0.25) is 0 Å². The van der Waals surface area contributed by atoms with Crippen LogP contribution < -0.4 is 5.73 Å². The Morgan fingerprint density at radius 2 is 2.05 bits per heavy atom. The fraction of sp³-hybridized carbons (Fsp3) is 0.0588. The first-order valence-electron chi connectivity index (χ1n) is 6.65. The van der Waals surface area contributed by atoms with Crippen LogP contribution in [0.2, 0.25) is 0 Å². The second kappa shape index (κ2) is 5.11. The highest BCUT2D eigenvalue weighted by Gasteiger charge is 2.15. The maximum Gasteiger partial charge on any atom is 0.336 e. The molecule has 0 unspecified atom stereocenters. The molecule has 0 aliphatic carbocycles. The zero-order valence-electron chi connectivity index (χ0n) is 11.8. The summed E-state index contributed by atoms with van der Waals surface area (Å²) in [5.41, 5.74) is 7.33. The summed E-state index contributed by atoms with van der Waals surface area (Å²) >= 11 is 0. The van der Waals surface area contributed by atoms with Crippen molar-refractivity contribution in [2.75, 3.05) is 5.73 Å². The number of nitrogens with zero attached hydrogens (tertiary/aromatic N) is 1. The van der Waals surface area contributed by atoms with Crippen LogP contribution in [0.25, 0.3) is 21.9 Å². The van der Waals surface area contributed by atoms with Crippen molar-refractivity contribution in [2.24, 2.45) is 0 Å². The van der Waals surface area contributed by atoms with Gasteiger partial charge in [-0.2, -0.15) is 0 Å². The van der Waals surface area contributed by atoms with Gasteiger partial charge in [-0.05, 0) is 42.3 Å². The van der Waals surface area contributed by atoms with E-state index < -0.39 is 5.97 Å².